The minimum absolute atomic E-state index is 0.413. The number of hydrogen-bond donors (Lipinski definition) is 2. The highest BCUT2D eigenvalue weighted by Gasteiger charge is 2.14. The number of carbonyl (C=O) groups is 1. The molecule has 3 N–H and O–H groups in total. The second-order valence-corrected chi connectivity index (χ2v) is 3.87. The van der Waals surface area contributed by atoms with Crippen molar-refractivity contribution in [1.82, 2.24) is 9.97 Å². The van der Waals surface area contributed by atoms with Crippen LogP contribution in [0.1, 0.15) is 25.8 Å². The molecule has 1 heterocycles. The summed E-state index contributed by atoms with van der Waals surface area (Å²) in [5.74, 6) is 0.144. The van der Waals surface area contributed by atoms with Crippen molar-refractivity contribution in [2.45, 2.75) is 32.7 Å². The Hall–Kier alpha value is -1.36. The highest BCUT2D eigenvalue weighted by Crippen LogP contribution is 2.21. The van der Waals surface area contributed by atoms with Crippen molar-refractivity contribution in [1.29, 1.82) is 0 Å². The first kappa shape index (κ1) is 12.7. The number of amides is 1. The zero-order chi connectivity index (χ0) is 12.1. The summed E-state index contributed by atoms with van der Waals surface area (Å²) in [4.78, 5) is 18.9. The molecule has 6 heteroatoms. The van der Waals surface area contributed by atoms with Crippen molar-refractivity contribution < 1.29 is 4.79 Å². The summed E-state index contributed by atoms with van der Waals surface area (Å²) < 4.78 is 0. The van der Waals surface area contributed by atoms with E-state index >= 15 is 0 Å². The van der Waals surface area contributed by atoms with Gasteiger partial charge in [-0.15, -0.1) is 0 Å². The number of primary amides is 1. The van der Waals surface area contributed by atoms with Gasteiger partial charge in [-0.3, -0.25) is 4.79 Å². The Bertz CT molecular complexity index is 383. The van der Waals surface area contributed by atoms with Crippen LogP contribution < -0.4 is 11.1 Å². The third-order valence-corrected chi connectivity index (χ3v) is 2.50. The normalized spacial score (nSPS) is 12.2. The molecule has 0 fully saturated rings. The van der Waals surface area contributed by atoms with Crippen molar-refractivity contribution in [2.75, 3.05) is 5.32 Å². The summed E-state index contributed by atoms with van der Waals surface area (Å²) in [7, 11) is 0. The lowest BCUT2D eigenvalue weighted by Crippen LogP contribution is -2.33. The second-order valence-electron chi connectivity index (χ2n) is 3.51. The lowest BCUT2D eigenvalue weighted by atomic mass is 10.2. The van der Waals surface area contributed by atoms with Gasteiger partial charge < -0.3 is 11.1 Å². The van der Waals surface area contributed by atoms with Crippen molar-refractivity contribution >= 4 is 23.3 Å². The predicted octanol–water partition coefficient (Wildman–Crippen LogP) is 1.37. The lowest BCUT2D eigenvalue weighted by Gasteiger charge is -2.14. The predicted molar refractivity (Wildman–Crippen MR) is 63.3 cm³/mol. The van der Waals surface area contributed by atoms with Crippen LogP contribution in [-0.4, -0.2) is 21.9 Å². The average Bonchev–Trinajstić information content (AvgIpc) is 2.23. The van der Waals surface area contributed by atoms with Gasteiger partial charge >= 0.3 is 0 Å². The summed E-state index contributed by atoms with van der Waals surface area (Å²) in [6.45, 7) is 3.71. The largest absolute Gasteiger partial charge is 0.368 e. The van der Waals surface area contributed by atoms with Crippen LogP contribution in [0.5, 0.6) is 0 Å². The molecule has 1 aromatic heterocycles. The fourth-order valence-electron chi connectivity index (χ4n) is 1.26. The Morgan fingerprint density at radius 2 is 2.31 bits per heavy atom. The molecule has 5 nitrogen and oxygen atoms in total. The topological polar surface area (TPSA) is 80.9 Å². The van der Waals surface area contributed by atoms with E-state index in [-0.39, 0.29) is 0 Å². The molecule has 1 rings (SSSR count). The van der Waals surface area contributed by atoms with Crippen LogP contribution in [0.15, 0.2) is 6.33 Å². The fourth-order valence-corrected chi connectivity index (χ4v) is 1.49. The van der Waals surface area contributed by atoms with Gasteiger partial charge in [-0.05, 0) is 13.3 Å². The smallest absolute Gasteiger partial charge is 0.239 e. The first-order valence-corrected chi connectivity index (χ1v) is 5.49. The molecule has 0 radical (unpaired) electrons. The van der Waals surface area contributed by atoms with Crippen LogP contribution in [-0.2, 0) is 11.2 Å². The number of halogens is 1. The van der Waals surface area contributed by atoms with Gasteiger partial charge in [0.15, 0.2) is 0 Å². The standard InChI is InChI=1S/C10H15ClN4O/c1-3-4-7-8(11)13-5-14-10(7)15-6(2)9(12)16/h5-6H,3-4H2,1-2H3,(H2,12,16)(H,13,14,15). The summed E-state index contributed by atoms with van der Waals surface area (Å²) in [6.07, 6.45) is 3.04. The maximum absolute atomic E-state index is 10.9. The van der Waals surface area contributed by atoms with Gasteiger partial charge in [-0.1, -0.05) is 24.9 Å². The van der Waals surface area contributed by atoms with Gasteiger partial charge in [0, 0.05) is 5.56 Å². The minimum Gasteiger partial charge on any atom is -0.368 e. The van der Waals surface area contributed by atoms with Crippen LogP contribution in [0.25, 0.3) is 0 Å². The highest BCUT2D eigenvalue weighted by molar-refractivity contribution is 6.30. The molecule has 1 aromatic rings. The second kappa shape index (κ2) is 5.65. The van der Waals surface area contributed by atoms with Crippen LogP contribution >= 0.6 is 11.6 Å². The van der Waals surface area contributed by atoms with Crippen LogP contribution in [0.2, 0.25) is 5.15 Å². The number of anilines is 1. The molecule has 0 spiro atoms. The maximum atomic E-state index is 10.9. The number of aromatic nitrogens is 2. The Balaban J connectivity index is 2.94. The number of nitrogens with two attached hydrogens (primary N) is 1. The molecule has 1 amide bonds. The Morgan fingerprint density at radius 3 is 2.88 bits per heavy atom. The van der Waals surface area contributed by atoms with Crippen molar-refractivity contribution in [3.63, 3.8) is 0 Å². The van der Waals surface area contributed by atoms with E-state index in [0.717, 1.165) is 18.4 Å². The van der Waals surface area contributed by atoms with E-state index in [2.05, 4.69) is 15.3 Å². The minimum atomic E-state index is -0.485. The van der Waals surface area contributed by atoms with Crippen molar-refractivity contribution in [3.8, 4) is 0 Å². The van der Waals surface area contributed by atoms with Gasteiger partial charge in [0.05, 0.1) is 0 Å². The third-order valence-electron chi connectivity index (χ3n) is 2.17. The first-order valence-electron chi connectivity index (χ1n) is 5.11. The highest BCUT2D eigenvalue weighted by atomic mass is 35.5. The van der Waals surface area contributed by atoms with E-state index in [9.17, 15) is 4.79 Å². The van der Waals surface area contributed by atoms with E-state index in [1.807, 2.05) is 6.92 Å². The lowest BCUT2D eigenvalue weighted by molar-refractivity contribution is -0.118. The first-order chi connectivity index (χ1) is 7.56. The van der Waals surface area contributed by atoms with Gasteiger partial charge in [0.1, 0.15) is 23.3 Å². The Kier molecular flexibility index (Phi) is 4.49. The molecule has 16 heavy (non-hydrogen) atoms. The number of hydrogen-bond acceptors (Lipinski definition) is 4. The molecule has 0 aliphatic heterocycles. The number of nitrogens with one attached hydrogen (secondary N) is 1. The van der Waals surface area contributed by atoms with Crippen molar-refractivity contribution in [3.05, 3.63) is 17.0 Å². The zero-order valence-corrected chi connectivity index (χ0v) is 10.1. The molecule has 88 valence electrons. The summed E-state index contributed by atoms with van der Waals surface area (Å²) in [6, 6.07) is -0.485. The molecule has 0 saturated heterocycles. The zero-order valence-electron chi connectivity index (χ0n) is 9.33. The molecule has 1 atom stereocenters. The quantitative estimate of drug-likeness (QED) is 0.764. The monoisotopic (exact) mass is 242 g/mol. The number of carbonyl (C=O) groups excluding carboxylic acids is 1. The van der Waals surface area contributed by atoms with E-state index in [4.69, 9.17) is 17.3 Å². The molecule has 0 aliphatic rings. The van der Waals surface area contributed by atoms with Crippen LogP contribution in [0, 0.1) is 0 Å². The average molecular weight is 243 g/mol. The van der Waals surface area contributed by atoms with Crippen LogP contribution in [0.4, 0.5) is 5.82 Å². The SMILES string of the molecule is CCCc1c(Cl)ncnc1NC(C)C(N)=O. The molecule has 0 aliphatic carbocycles. The van der Waals surface area contributed by atoms with Gasteiger partial charge in [-0.25, -0.2) is 9.97 Å². The van der Waals surface area contributed by atoms with Crippen LogP contribution in [0.3, 0.4) is 0 Å². The molecule has 0 saturated carbocycles. The van der Waals surface area contributed by atoms with Crippen molar-refractivity contribution in [2.24, 2.45) is 5.73 Å². The maximum Gasteiger partial charge on any atom is 0.239 e. The van der Waals surface area contributed by atoms with E-state index in [0.29, 0.717) is 11.0 Å². The third kappa shape index (κ3) is 3.06. The van der Waals surface area contributed by atoms with E-state index < -0.39 is 11.9 Å². The molecular weight excluding hydrogens is 228 g/mol. The molecule has 0 bridgehead atoms. The Labute approximate surface area is 99.4 Å². The van der Waals surface area contributed by atoms with E-state index in [1.54, 1.807) is 6.92 Å². The van der Waals surface area contributed by atoms with E-state index in [1.165, 1.54) is 6.33 Å². The summed E-state index contributed by atoms with van der Waals surface area (Å²) in [5, 5.41) is 3.34. The number of rotatable bonds is 5. The van der Waals surface area contributed by atoms with Gasteiger partial charge in [-0.2, -0.15) is 0 Å². The molecule has 0 aromatic carbocycles. The Morgan fingerprint density at radius 1 is 1.62 bits per heavy atom. The fraction of sp³-hybridized carbons (Fsp3) is 0.500. The molecular formula is C10H15ClN4O. The summed E-state index contributed by atoms with van der Waals surface area (Å²) in [5.41, 5.74) is 5.99. The van der Waals surface area contributed by atoms with Gasteiger partial charge in [0.2, 0.25) is 5.91 Å². The summed E-state index contributed by atoms with van der Waals surface area (Å²) >= 11 is 5.96. The molecule has 1 unspecified atom stereocenters. The number of nitrogens with zero attached hydrogens (tertiary/aromatic N) is 2. The van der Waals surface area contributed by atoms with Gasteiger partial charge in [0.25, 0.3) is 0 Å².